The lowest BCUT2D eigenvalue weighted by molar-refractivity contribution is 0.181. The van der Waals surface area contributed by atoms with E-state index in [0.29, 0.717) is 26.2 Å². The molecule has 7 heteroatoms. The molecular weight excluding hydrogens is 326 g/mol. The highest BCUT2D eigenvalue weighted by atomic mass is 32.1. The number of cyclic esters (lactones) is 1. The Morgan fingerprint density at radius 1 is 1.38 bits per heavy atom. The average molecular weight is 347 g/mol. The number of benzene rings is 1. The van der Waals surface area contributed by atoms with Crippen LogP contribution < -0.4 is 15.1 Å². The number of hydrogen-bond donors (Lipinski definition) is 1. The molecule has 1 fully saturated rings. The molecule has 1 atom stereocenters. The molecule has 1 saturated heterocycles. The molecule has 0 spiro atoms. The van der Waals surface area contributed by atoms with Crippen molar-refractivity contribution in [3.63, 3.8) is 0 Å². The van der Waals surface area contributed by atoms with E-state index in [9.17, 15) is 9.59 Å². The number of nitrogens with one attached hydrogen (secondary N) is 1. The number of thiazole rings is 1. The van der Waals surface area contributed by atoms with Gasteiger partial charge in [-0.2, -0.15) is 0 Å². The minimum absolute atomic E-state index is 0.0801. The van der Waals surface area contributed by atoms with E-state index in [2.05, 4.69) is 12.2 Å². The van der Waals surface area contributed by atoms with Crippen molar-refractivity contribution in [1.82, 2.24) is 9.88 Å². The number of aromatic nitrogens is 1. The molecule has 6 nitrogen and oxygen atoms in total. The van der Waals surface area contributed by atoms with Crippen molar-refractivity contribution >= 4 is 23.1 Å². The van der Waals surface area contributed by atoms with Gasteiger partial charge in [0, 0.05) is 35.9 Å². The SMILES string of the molecule is Cc1csc(=O)n1CCN[C@H](C)c1cccc(N2CCOC2=O)c1. The Morgan fingerprint density at radius 3 is 2.88 bits per heavy atom. The van der Waals surface area contributed by atoms with Crippen LogP contribution >= 0.6 is 11.3 Å². The molecule has 0 bridgehead atoms. The number of carbonyl (C=O) groups is 1. The standard InChI is InChI=1S/C17H21N3O3S/c1-12-11-24-17(22)19(12)7-6-18-13(2)14-4-3-5-15(10-14)20-8-9-23-16(20)21/h3-5,10-11,13,18H,6-9H2,1-2H3/t13-/m1/s1. The molecule has 1 aromatic carbocycles. The van der Waals surface area contributed by atoms with Crippen LogP contribution in [0.5, 0.6) is 0 Å². The van der Waals surface area contributed by atoms with E-state index in [1.165, 1.54) is 11.3 Å². The molecule has 24 heavy (non-hydrogen) atoms. The summed E-state index contributed by atoms with van der Waals surface area (Å²) in [7, 11) is 0. The molecule has 1 aromatic heterocycles. The van der Waals surface area contributed by atoms with Crippen molar-refractivity contribution in [2.24, 2.45) is 0 Å². The van der Waals surface area contributed by atoms with Gasteiger partial charge in [0.25, 0.3) is 0 Å². The second kappa shape index (κ2) is 7.19. The average Bonchev–Trinajstić information content (AvgIpc) is 3.14. The zero-order valence-electron chi connectivity index (χ0n) is 13.8. The van der Waals surface area contributed by atoms with E-state index in [-0.39, 0.29) is 17.0 Å². The predicted molar refractivity (Wildman–Crippen MR) is 94.9 cm³/mol. The summed E-state index contributed by atoms with van der Waals surface area (Å²) in [5.74, 6) is 0. The number of amides is 1. The van der Waals surface area contributed by atoms with Gasteiger partial charge in [-0.25, -0.2) is 4.79 Å². The Kier molecular flexibility index (Phi) is 5.01. The van der Waals surface area contributed by atoms with Crippen LogP contribution in [0.1, 0.15) is 24.2 Å². The van der Waals surface area contributed by atoms with Gasteiger partial charge in [-0.1, -0.05) is 23.5 Å². The Labute approximate surface area is 144 Å². The van der Waals surface area contributed by atoms with Crippen LogP contribution in [0.3, 0.4) is 0 Å². The second-order valence-corrected chi connectivity index (χ2v) is 6.65. The predicted octanol–water partition coefficient (Wildman–Crippen LogP) is 2.53. The largest absolute Gasteiger partial charge is 0.447 e. The fourth-order valence-corrected chi connectivity index (χ4v) is 3.54. The number of hydrogen-bond acceptors (Lipinski definition) is 5. The van der Waals surface area contributed by atoms with E-state index >= 15 is 0 Å². The third-order valence-electron chi connectivity index (χ3n) is 4.21. The molecule has 0 unspecified atom stereocenters. The van der Waals surface area contributed by atoms with Gasteiger partial charge in [-0.3, -0.25) is 9.69 Å². The van der Waals surface area contributed by atoms with E-state index in [1.807, 2.05) is 36.6 Å². The zero-order valence-corrected chi connectivity index (χ0v) is 14.6. The first-order valence-corrected chi connectivity index (χ1v) is 8.87. The van der Waals surface area contributed by atoms with Gasteiger partial charge < -0.3 is 14.6 Å². The van der Waals surface area contributed by atoms with Gasteiger partial charge in [-0.15, -0.1) is 0 Å². The summed E-state index contributed by atoms with van der Waals surface area (Å²) in [5, 5.41) is 5.31. The van der Waals surface area contributed by atoms with Crippen LogP contribution in [0.15, 0.2) is 34.4 Å². The van der Waals surface area contributed by atoms with Crippen molar-refractivity contribution in [3.05, 3.63) is 50.6 Å². The number of ether oxygens (including phenoxy) is 1. The van der Waals surface area contributed by atoms with Gasteiger partial charge in [0.05, 0.1) is 6.54 Å². The van der Waals surface area contributed by atoms with Crippen molar-refractivity contribution in [1.29, 1.82) is 0 Å². The van der Waals surface area contributed by atoms with Crippen LogP contribution in [0, 0.1) is 6.92 Å². The van der Waals surface area contributed by atoms with E-state index in [1.54, 1.807) is 9.47 Å². The summed E-state index contributed by atoms with van der Waals surface area (Å²) in [5.41, 5.74) is 2.95. The lowest BCUT2D eigenvalue weighted by atomic mass is 10.1. The smallest absolute Gasteiger partial charge is 0.414 e. The van der Waals surface area contributed by atoms with Crippen LogP contribution in [0.25, 0.3) is 0 Å². The number of rotatable bonds is 6. The highest BCUT2D eigenvalue weighted by Gasteiger charge is 2.23. The lowest BCUT2D eigenvalue weighted by Gasteiger charge is -2.18. The Hall–Kier alpha value is -2.12. The normalized spacial score (nSPS) is 15.6. The molecular formula is C17H21N3O3S. The highest BCUT2D eigenvalue weighted by Crippen LogP contribution is 2.23. The van der Waals surface area contributed by atoms with Crippen molar-refractivity contribution < 1.29 is 9.53 Å². The van der Waals surface area contributed by atoms with Gasteiger partial charge in [0.15, 0.2) is 0 Å². The maximum absolute atomic E-state index is 11.7. The molecule has 0 saturated carbocycles. The topological polar surface area (TPSA) is 63.6 Å². The number of nitrogens with zero attached hydrogens (tertiary/aromatic N) is 2. The Morgan fingerprint density at radius 2 is 2.21 bits per heavy atom. The molecule has 2 heterocycles. The molecule has 2 aromatic rings. The van der Waals surface area contributed by atoms with Gasteiger partial charge >= 0.3 is 11.0 Å². The number of aryl methyl sites for hydroxylation is 1. The number of carbonyl (C=O) groups excluding carboxylic acids is 1. The minimum atomic E-state index is -0.292. The summed E-state index contributed by atoms with van der Waals surface area (Å²) >= 11 is 1.23. The summed E-state index contributed by atoms with van der Waals surface area (Å²) in [6.45, 7) is 6.39. The quantitative estimate of drug-likeness (QED) is 0.872. The van der Waals surface area contributed by atoms with Crippen molar-refractivity contribution in [3.8, 4) is 0 Å². The van der Waals surface area contributed by atoms with E-state index in [4.69, 9.17) is 4.74 Å². The summed E-state index contributed by atoms with van der Waals surface area (Å²) in [4.78, 5) is 25.1. The molecule has 1 amide bonds. The fraction of sp³-hybridized carbons (Fsp3) is 0.412. The Bertz CT molecular complexity index is 783. The first-order valence-electron chi connectivity index (χ1n) is 7.99. The maximum Gasteiger partial charge on any atom is 0.414 e. The lowest BCUT2D eigenvalue weighted by Crippen LogP contribution is -2.27. The minimum Gasteiger partial charge on any atom is -0.447 e. The van der Waals surface area contributed by atoms with E-state index in [0.717, 1.165) is 16.9 Å². The third-order valence-corrected chi connectivity index (χ3v) is 5.09. The molecule has 1 aliphatic heterocycles. The number of anilines is 1. The third kappa shape index (κ3) is 3.52. The summed E-state index contributed by atoms with van der Waals surface area (Å²) in [6.07, 6.45) is -0.292. The first-order chi connectivity index (χ1) is 11.6. The molecule has 0 radical (unpaired) electrons. The molecule has 1 aliphatic rings. The summed E-state index contributed by atoms with van der Waals surface area (Å²) < 4.78 is 6.77. The van der Waals surface area contributed by atoms with Crippen molar-refractivity contribution in [2.45, 2.75) is 26.4 Å². The first kappa shape index (κ1) is 16.7. The Balaban J connectivity index is 1.62. The molecule has 0 aliphatic carbocycles. The monoisotopic (exact) mass is 347 g/mol. The van der Waals surface area contributed by atoms with Crippen LogP contribution in [-0.4, -0.2) is 30.4 Å². The van der Waals surface area contributed by atoms with Gasteiger partial charge in [0.1, 0.15) is 6.61 Å². The van der Waals surface area contributed by atoms with Gasteiger partial charge in [0.2, 0.25) is 0 Å². The maximum atomic E-state index is 11.7. The van der Waals surface area contributed by atoms with Crippen LogP contribution in [-0.2, 0) is 11.3 Å². The molecule has 128 valence electrons. The highest BCUT2D eigenvalue weighted by molar-refractivity contribution is 7.07. The molecule has 3 rings (SSSR count). The van der Waals surface area contributed by atoms with E-state index < -0.39 is 0 Å². The zero-order chi connectivity index (χ0) is 17.1. The van der Waals surface area contributed by atoms with Crippen LogP contribution in [0.2, 0.25) is 0 Å². The molecule has 1 N–H and O–H groups in total. The van der Waals surface area contributed by atoms with Gasteiger partial charge in [-0.05, 0) is 31.5 Å². The second-order valence-electron chi connectivity index (χ2n) is 5.83. The fourth-order valence-electron chi connectivity index (χ4n) is 2.78. The van der Waals surface area contributed by atoms with Crippen LogP contribution in [0.4, 0.5) is 10.5 Å². The van der Waals surface area contributed by atoms with Crippen molar-refractivity contribution in [2.75, 3.05) is 24.6 Å². The summed E-state index contributed by atoms with van der Waals surface area (Å²) in [6, 6.07) is 8.02.